The van der Waals surface area contributed by atoms with E-state index in [4.69, 9.17) is 4.18 Å². The average Bonchev–Trinajstić information content (AvgIpc) is 3.04. The molecule has 0 unspecified atom stereocenters. The molecule has 0 saturated heterocycles. The third-order valence-corrected chi connectivity index (χ3v) is 12.4. The number of benzene rings is 3. The molecule has 2 nitrogen and oxygen atoms in total. The lowest BCUT2D eigenvalue weighted by molar-refractivity contribution is -0.188. The fraction of sp³-hybridized carbons (Fsp3) is 0.500. The number of aryl methyl sites for hydroxylation is 9. The summed E-state index contributed by atoms with van der Waals surface area (Å²) in [6, 6.07) is 12.8. The molecule has 0 heterocycles. The van der Waals surface area contributed by atoms with Gasteiger partial charge >= 0.3 is 12.1 Å². The maximum absolute atomic E-state index is 14.5. The van der Waals surface area contributed by atoms with Crippen LogP contribution >= 0.6 is 10.3 Å². The Morgan fingerprint density at radius 2 is 0.727 bits per heavy atom. The third-order valence-electron chi connectivity index (χ3n) is 8.71. The summed E-state index contributed by atoms with van der Waals surface area (Å²) in [5.74, 6) is -2.12. The van der Waals surface area contributed by atoms with E-state index in [1.165, 1.54) is 0 Å². The van der Waals surface area contributed by atoms with Crippen molar-refractivity contribution in [3.63, 3.8) is 0 Å². The number of carbonyl (C=O) groups is 1. The van der Waals surface area contributed by atoms with E-state index in [2.05, 4.69) is 98.7 Å². The topological polar surface area (TPSA) is 26.3 Å². The lowest BCUT2D eigenvalue weighted by Gasteiger charge is -2.46. The minimum absolute atomic E-state index is 0.612. The molecule has 3 rings (SSSR count). The van der Waals surface area contributed by atoms with E-state index in [9.17, 15) is 18.0 Å². The second-order valence-electron chi connectivity index (χ2n) is 11.3. The van der Waals surface area contributed by atoms with Crippen molar-refractivity contribution in [2.75, 3.05) is 0 Å². The number of rotatable bonds is 13. The molecule has 0 N–H and O–H groups in total. The molecule has 6 heteroatoms. The molecule has 0 aliphatic heterocycles. The zero-order valence-electron chi connectivity index (χ0n) is 28.2. The molecule has 0 spiro atoms. The fourth-order valence-corrected chi connectivity index (χ4v) is 11.0. The highest BCUT2D eigenvalue weighted by Crippen LogP contribution is 2.74. The lowest BCUT2D eigenvalue weighted by Crippen LogP contribution is -2.30. The van der Waals surface area contributed by atoms with E-state index >= 15 is 0 Å². The van der Waals surface area contributed by atoms with Crippen molar-refractivity contribution in [3.8, 4) is 0 Å². The van der Waals surface area contributed by atoms with Crippen molar-refractivity contribution in [2.24, 2.45) is 0 Å². The van der Waals surface area contributed by atoms with Crippen LogP contribution in [0.3, 0.4) is 0 Å². The fourth-order valence-electron chi connectivity index (χ4n) is 6.37. The zero-order chi connectivity index (χ0) is 32.8. The first-order valence-electron chi connectivity index (χ1n) is 16.5. The first-order valence-corrected chi connectivity index (χ1v) is 18.1. The van der Waals surface area contributed by atoms with Crippen LogP contribution in [0.2, 0.25) is 0 Å². The van der Waals surface area contributed by atoms with Crippen LogP contribution in [0, 0.1) is 0 Å². The predicted octanol–water partition coefficient (Wildman–Crippen LogP) is 11.1. The van der Waals surface area contributed by atoms with E-state index in [1.807, 2.05) is 0 Å². The van der Waals surface area contributed by atoms with Gasteiger partial charge in [-0.25, -0.2) is 4.79 Å². The van der Waals surface area contributed by atoms with Crippen molar-refractivity contribution < 1.29 is 22.1 Å². The van der Waals surface area contributed by atoms with Crippen molar-refractivity contribution in [1.82, 2.24) is 0 Å². The van der Waals surface area contributed by atoms with Crippen LogP contribution in [-0.4, -0.2) is 12.1 Å². The molecule has 0 aliphatic rings. The highest BCUT2D eigenvalue weighted by Gasteiger charge is 2.50. The van der Waals surface area contributed by atoms with Gasteiger partial charge in [-0.2, -0.15) is 13.2 Å². The molecule has 3 aromatic rings. The maximum Gasteiger partial charge on any atom is 0.491 e. The maximum atomic E-state index is 14.5. The molecule has 0 bridgehead atoms. The van der Waals surface area contributed by atoms with E-state index in [0.717, 1.165) is 84.0 Å². The van der Waals surface area contributed by atoms with Gasteiger partial charge in [0.1, 0.15) is 0 Å². The van der Waals surface area contributed by atoms with Gasteiger partial charge in [-0.3, -0.25) is 0 Å². The van der Waals surface area contributed by atoms with Gasteiger partial charge in [-0.1, -0.05) is 98.7 Å². The van der Waals surface area contributed by atoms with Crippen LogP contribution in [0.5, 0.6) is 0 Å². The first-order chi connectivity index (χ1) is 20.9. The monoisotopic (exact) mass is 628 g/mol. The Bertz CT molecular complexity index is 1240. The van der Waals surface area contributed by atoms with Crippen LogP contribution in [0.4, 0.5) is 13.2 Å². The van der Waals surface area contributed by atoms with Crippen LogP contribution in [0.1, 0.15) is 112 Å². The Morgan fingerprint density at radius 3 is 0.886 bits per heavy atom. The number of hydrogen-bond donors (Lipinski definition) is 0. The first kappa shape index (κ1) is 35.7. The van der Waals surface area contributed by atoms with Crippen LogP contribution < -0.4 is 0 Å². The summed E-state index contributed by atoms with van der Waals surface area (Å²) in [7, 11) is -3.22. The summed E-state index contributed by atoms with van der Waals surface area (Å²) in [5.41, 5.74) is 9.15. The van der Waals surface area contributed by atoms with Gasteiger partial charge in [0.15, 0.2) is 0 Å². The van der Waals surface area contributed by atoms with E-state index in [-0.39, 0.29) is 0 Å². The molecular weight excluding hydrogens is 577 g/mol. The van der Waals surface area contributed by atoms with Gasteiger partial charge in [0.2, 0.25) is 0 Å². The molecule has 0 saturated carbocycles. The second kappa shape index (κ2) is 15.0. The normalized spacial score (nSPS) is 12.5. The summed E-state index contributed by atoms with van der Waals surface area (Å²) in [5, 5.41) is 0. The largest absolute Gasteiger partial charge is 0.491 e. The Hall–Kier alpha value is -2.73. The zero-order valence-corrected chi connectivity index (χ0v) is 29.0. The molecular formula is C38H51F3O2S. The third kappa shape index (κ3) is 6.76. The van der Waals surface area contributed by atoms with Gasteiger partial charge < -0.3 is 4.18 Å². The summed E-state index contributed by atoms with van der Waals surface area (Å²) in [6.07, 6.45) is 0.944. The standard InChI is InChI=1S/C38H51F3O2S/c1-10-25-19-28(13-4)34(29(14-5)20-25)44(43-37(42)38(39,40)41,35-30(15-6)21-26(11-2)22-31(35)16-7)36-32(17-8)23-27(12-3)24-33(36)18-9/h19-24H,10-18H2,1-9H3. The quantitative estimate of drug-likeness (QED) is 0.188. The van der Waals surface area contributed by atoms with E-state index in [0.29, 0.717) is 38.5 Å². The minimum Gasteiger partial charge on any atom is -0.395 e. The summed E-state index contributed by atoms with van der Waals surface area (Å²) >= 11 is 0. The molecule has 0 fully saturated rings. The molecule has 0 atom stereocenters. The minimum atomic E-state index is -5.15. The van der Waals surface area contributed by atoms with Crippen molar-refractivity contribution in [2.45, 2.75) is 141 Å². The van der Waals surface area contributed by atoms with Crippen molar-refractivity contribution in [3.05, 3.63) is 86.5 Å². The molecule has 0 aromatic heterocycles. The second-order valence-corrected chi connectivity index (χ2v) is 13.8. The van der Waals surface area contributed by atoms with E-state index in [1.54, 1.807) is 0 Å². The van der Waals surface area contributed by atoms with Crippen molar-refractivity contribution in [1.29, 1.82) is 0 Å². The molecule has 0 amide bonds. The molecule has 0 aliphatic carbocycles. The van der Waals surface area contributed by atoms with Crippen LogP contribution in [-0.2, 0) is 66.8 Å². The molecule has 44 heavy (non-hydrogen) atoms. The summed E-state index contributed by atoms with van der Waals surface area (Å²) < 4.78 is 49.9. The molecule has 242 valence electrons. The van der Waals surface area contributed by atoms with Gasteiger partial charge in [0.05, 0.1) is 0 Å². The number of carbonyl (C=O) groups excluding carboxylic acids is 1. The number of hydrogen-bond acceptors (Lipinski definition) is 2. The van der Waals surface area contributed by atoms with Gasteiger partial charge in [-0.15, -0.1) is 0 Å². The number of halogens is 3. The average molecular weight is 629 g/mol. The summed E-state index contributed by atoms with van der Waals surface area (Å²) in [6.45, 7) is 18.6. The van der Waals surface area contributed by atoms with E-state index < -0.39 is 22.5 Å². The van der Waals surface area contributed by atoms with Gasteiger partial charge in [-0.05, 0) is 118 Å². The smallest absolute Gasteiger partial charge is 0.395 e. The van der Waals surface area contributed by atoms with Gasteiger partial charge in [0, 0.05) is 14.7 Å². The molecule has 0 radical (unpaired) electrons. The van der Waals surface area contributed by atoms with Crippen molar-refractivity contribution >= 4 is 16.3 Å². The predicted molar refractivity (Wildman–Crippen MR) is 178 cm³/mol. The highest BCUT2D eigenvalue weighted by atomic mass is 32.3. The molecule has 3 aromatic carbocycles. The summed E-state index contributed by atoms with van der Waals surface area (Å²) in [4.78, 5) is 15.8. The highest BCUT2D eigenvalue weighted by molar-refractivity contribution is 8.30. The Labute approximate surface area is 265 Å². The Kier molecular flexibility index (Phi) is 12.2. The van der Waals surface area contributed by atoms with Crippen LogP contribution in [0.15, 0.2) is 51.1 Å². The SMILES string of the molecule is CCc1cc(CC)c(S(OC(=O)C(F)(F)F)(c2c(CC)cc(CC)cc2CC)c2c(CC)cc(CC)cc2CC)c(CC)c1. The van der Waals surface area contributed by atoms with Crippen LogP contribution in [0.25, 0.3) is 0 Å². The van der Waals surface area contributed by atoms with Gasteiger partial charge in [0.25, 0.3) is 0 Å². The lowest BCUT2D eigenvalue weighted by atomic mass is 10.00. The number of alkyl halides is 3. The Morgan fingerprint density at radius 1 is 0.500 bits per heavy atom. The Balaban J connectivity index is 2.87.